The number of hydrogen-bond donors (Lipinski definition) is 2. The third kappa shape index (κ3) is 3.16. The molecular formula is C15H18N2O2. The summed E-state index contributed by atoms with van der Waals surface area (Å²) in [7, 11) is 0. The quantitative estimate of drug-likeness (QED) is 0.828. The van der Waals surface area contributed by atoms with E-state index in [2.05, 4.69) is 5.32 Å². The van der Waals surface area contributed by atoms with Crippen molar-refractivity contribution in [3.63, 3.8) is 0 Å². The molecule has 0 saturated carbocycles. The van der Waals surface area contributed by atoms with E-state index in [4.69, 9.17) is 0 Å². The van der Waals surface area contributed by atoms with Gasteiger partial charge in [0.2, 0.25) is 5.91 Å². The number of carbonyl (C=O) groups excluding carboxylic acids is 1. The predicted octanol–water partition coefficient (Wildman–Crippen LogP) is 3.03. The number of nitrogens with zero attached hydrogens (tertiary/aromatic N) is 1. The maximum Gasteiger partial charge on any atom is 0.247 e. The van der Waals surface area contributed by atoms with Crippen LogP contribution in [0.1, 0.15) is 19.9 Å². The third-order valence-corrected chi connectivity index (χ3v) is 2.98. The maximum absolute atomic E-state index is 12.3. The average Bonchev–Trinajstić information content (AvgIpc) is 2.85. The summed E-state index contributed by atoms with van der Waals surface area (Å²) in [6.07, 6.45) is 3.78. The van der Waals surface area contributed by atoms with Gasteiger partial charge in [-0.25, -0.2) is 0 Å². The molecule has 100 valence electrons. The molecule has 1 atom stereocenters. The van der Waals surface area contributed by atoms with Gasteiger partial charge < -0.3 is 15.0 Å². The van der Waals surface area contributed by atoms with Gasteiger partial charge in [0.1, 0.15) is 11.8 Å². The largest absolute Gasteiger partial charge is 0.508 e. The zero-order valence-electron chi connectivity index (χ0n) is 11.1. The van der Waals surface area contributed by atoms with Crippen molar-refractivity contribution in [3.05, 3.63) is 48.8 Å². The Morgan fingerprint density at radius 2 is 1.74 bits per heavy atom. The number of benzene rings is 1. The van der Waals surface area contributed by atoms with Crippen LogP contribution in [-0.2, 0) is 4.79 Å². The lowest BCUT2D eigenvalue weighted by molar-refractivity contribution is -0.120. The van der Waals surface area contributed by atoms with E-state index in [9.17, 15) is 9.90 Å². The highest BCUT2D eigenvalue weighted by atomic mass is 16.3. The predicted molar refractivity (Wildman–Crippen MR) is 75.0 cm³/mol. The molecule has 1 heterocycles. The molecule has 0 unspecified atom stereocenters. The van der Waals surface area contributed by atoms with Crippen molar-refractivity contribution < 1.29 is 9.90 Å². The van der Waals surface area contributed by atoms with E-state index in [1.807, 2.05) is 42.9 Å². The van der Waals surface area contributed by atoms with Crippen molar-refractivity contribution in [1.29, 1.82) is 0 Å². The highest BCUT2D eigenvalue weighted by molar-refractivity contribution is 5.93. The molecule has 0 aliphatic carbocycles. The zero-order valence-corrected chi connectivity index (χ0v) is 11.1. The Bertz CT molecular complexity index is 530. The van der Waals surface area contributed by atoms with Crippen LogP contribution in [0.3, 0.4) is 0 Å². The second-order valence-electron chi connectivity index (χ2n) is 4.86. The first-order chi connectivity index (χ1) is 9.08. The lowest BCUT2D eigenvalue weighted by Crippen LogP contribution is -2.29. The molecule has 1 aromatic carbocycles. The van der Waals surface area contributed by atoms with Gasteiger partial charge in [-0.2, -0.15) is 0 Å². The van der Waals surface area contributed by atoms with Gasteiger partial charge in [-0.1, -0.05) is 13.8 Å². The van der Waals surface area contributed by atoms with Crippen molar-refractivity contribution in [2.75, 3.05) is 5.32 Å². The van der Waals surface area contributed by atoms with E-state index in [0.29, 0.717) is 5.69 Å². The molecule has 4 heteroatoms. The number of nitrogens with one attached hydrogen (secondary N) is 1. The van der Waals surface area contributed by atoms with Crippen LogP contribution < -0.4 is 5.32 Å². The average molecular weight is 258 g/mol. The Morgan fingerprint density at radius 1 is 1.16 bits per heavy atom. The number of amides is 1. The summed E-state index contributed by atoms with van der Waals surface area (Å²) in [5, 5.41) is 12.1. The van der Waals surface area contributed by atoms with Gasteiger partial charge in [-0.05, 0) is 42.3 Å². The monoisotopic (exact) mass is 258 g/mol. The fourth-order valence-corrected chi connectivity index (χ4v) is 2.08. The molecule has 2 aromatic rings. The molecule has 0 spiro atoms. The molecule has 1 aromatic heterocycles. The van der Waals surface area contributed by atoms with E-state index in [-0.39, 0.29) is 23.6 Å². The minimum atomic E-state index is -0.246. The first-order valence-corrected chi connectivity index (χ1v) is 6.30. The smallest absolute Gasteiger partial charge is 0.247 e. The van der Waals surface area contributed by atoms with Crippen LogP contribution in [0.15, 0.2) is 48.8 Å². The summed E-state index contributed by atoms with van der Waals surface area (Å²) in [5.41, 5.74) is 0.681. The van der Waals surface area contributed by atoms with Crippen LogP contribution in [-0.4, -0.2) is 15.6 Å². The molecule has 0 fully saturated rings. The summed E-state index contributed by atoms with van der Waals surface area (Å²) < 4.78 is 1.90. The van der Waals surface area contributed by atoms with Gasteiger partial charge in [0, 0.05) is 18.1 Å². The molecule has 0 radical (unpaired) electrons. The SMILES string of the molecule is CC(C)[C@@H](C(=O)Nc1ccc(O)cc1)n1cccc1. The molecule has 1 amide bonds. The second-order valence-corrected chi connectivity index (χ2v) is 4.86. The van der Waals surface area contributed by atoms with E-state index in [1.54, 1.807) is 24.3 Å². The number of phenols is 1. The molecule has 0 aliphatic rings. The van der Waals surface area contributed by atoms with Gasteiger partial charge in [-0.3, -0.25) is 4.79 Å². The molecule has 0 saturated heterocycles. The number of hydrogen-bond acceptors (Lipinski definition) is 2. The number of aromatic nitrogens is 1. The molecule has 19 heavy (non-hydrogen) atoms. The summed E-state index contributed by atoms with van der Waals surface area (Å²) in [4.78, 5) is 12.3. The van der Waals surface area contributed by atoms with E-state index in [1.165, 1.54) is 0 Å². The van der Waals surface area contributed by atoms with Gasteiger partial charge in [0.25, 0.3) is 0 Å². The summed E-state index contributed by atoms with van der Waals surface area (Å²) in [6, 6.07) is 10.0. The number of phenolic OH excluding ortho intramolecular Hbond substituents is 1. The second kappa shape index (κ2) is 5.61. The Kier molecular flexibility index (Phi) is 3.90. The fourth-order valence-electron chi connectivity index (χ4n) is 2.08. The zero-order chi connectivity index (χ0) is 13.8. The van der Waals surface area contributed by atoms with E-state index in [0.717, 1.165) is 0 Å². The standard InChI is InChI=1S/C15H18N2O2/c1-11(2)14(17-9-3-4-10-17)15(19)16-12-5-7-13(18)8-6-12/h3-11,14,18H,1-2H3,(H,16,19)/t14-/m0/s1. The van der Waals surface area contributed by atoms with Gasteiger partial charge >= 0.3 is 0 Å². The Hall–Kier alpha value is -2.23. The number of rotatable bonds is 4. The van der Waals surface area contributed by atoms with Crippen LogP contribution >= 0.6 is 0 Å². The van der Waals surface area contributed by atoms with Crippen molar-refractivity contribution in [1.82, 2.24) is 4.57 Å². The minimum absolute atomic E-state index is 0.0584. The van der Waals surface area contributed by atoms with Crippen LogP contribution in [0.25, 0.3) is 0 Å². The number of carbonyl (C=O) groups is 1. The molecule has 0 bridgehead atoms. The molecule has 2 N–H and O–H groups in total. The highest BCUT2D eigenvalue weighted by Crippen LogP contribution is 2.21. The summed E-state index contributed by atoms with van der Waals surface area (Å²) in [5.74, 6) is 0.310. The maximum atomic E-state index is 12.3. The number of aromatic hydroxyl groups is 1. The van der Waals surface area contributed by atoms with Gasteiger partial charge in [0.05, 0.1) is 0 Å². The Morgan fingerprint density at radius 3 is 2.26 bits per heavy atom. The molecule has 2 rings (SSSR count). The van der Waals surface area contributed by atoms with Crippen LogP contribution in [0.4, 0.5) is 5.69 Å². The van der Waals surface area contributed by atoms with Crippen LogP contribution in [0.5, 0.6) is 5.75 Å². The highest BCUT2D eigenvalue weighted by Gasteiger charge is 2.23. The Labute approximate surface area is 112 Å². The van der Waals surface area contributed by atoms with Crippen molar-refractivity contribution in [3.8, 4) is 5.75 Å². The van der Waals surface area contributed by atoms with Gasteiger partial charge in [-0.15, -0.1) is 0 Å². The molecule has 0 aliphatic heterocycles. The molecular weight excluding hydrogens is 240 g/mol. The lowest BCUT2D eigenvalue weighted by atomic mass is 10.0. The minimum Gasteiger partial charge on any atom is -0.508 e. The van der Waals surface area contributed by atoms with Crippen molar-refractivity contribution in [2.45, 2.75) is 19.9 Å². The van der Waals surface area contributed by atoms with E-state index < -0.39 is 0 Å². The van der Waals surface area contributed by atoms with Gasteiger partial charge in [0.15, 0.2) is 0 Å². The first kappa shape index (κ1) is 13.2. The van der Waals surface area contributed by atoms with Crippen molar-refractivity contribution in [2.24, 2.45) is 5.92 Å². The Balaban J connectivity index is 2.15. The summed E-state index contributed by atoms with van der Waals surface area (Å²) in [6.45, 7) is 4.03. The van der Waals surface area contributed by atoms with E-state index >= 15 is 0 Å². The summed E-state index contributed by atoms with van der Waals surface area (Å²) >= 11 is 0. The fraction of sp³-hybridized carbons (Fsp3) is 0.267. The van der Waals surface area contributed by atoms with Crippen LogP contribution in [0.2, 0.25) is 0 Å². The first-order valence-electron chi connectivity index (χ1n) is 6.30. The number of anilines is 1. The third-order valence-electron chi connectivity index (χ3n) is 2.98. The normalized spacial score (nSPS) is 12.4. The van der Waals surface area contributed by atoms with Crippen LogP contribution in [0, 0.1) is 5.92 Å². The lowest BCUT2D eigenvalue weighted by Gasteiger charge is -2.22. The van der Waals surface area contributed by atoms with Crippen molar-refractivity contribution >= 4 is 11.6 Å². The topological polar surface area (TPSA) is 54.3 Å². The molecule has 4 nitrogen and oxygen atoms in total.